The van der Waals surface area contributed by atoms with E-state index < -0.39 is 5.54 Å². The average Bonchev–Trinajstić information content (AvgIpc) is 3.15. The van der Waals surface area contributed by atoms with Crippen LogP contribution in [-0.2, 0) is 14.4 Å². The van der Waals surface area contributed by atoms with E-state index in [4.69, 9.17) is 0 Å². The Balaban J connectivity index is 1.45. The number of hydrogen-bond donors (Lipinski definition) is 1. The highest BCUT2D eigenvalue weighted by atomic mass is 16.2. The molecule has 1 spiro atoms. The van der Waals surface area contributed by atoms with Gasteiger partial charge in [0, 0.05) is 30.9 Å². The van der Waals surface area contributed by atoms with Crippen molar-refractivity contribution in [1.29, 1.82) is 0 Å². The Bertz CT molecular complexity index is 1110. The van der Waals surface area contributed by atoms with E-state index in [0.29, 0.717) is 39.0 Å². The molecule has 7 heteroatoms. The molecule has 0 unspecified atom stereocenters. The van der Waals surface area contributed by atoms with E-state index in [0.717, 1.165) is 42.6 Å². The second-order valence-electron chi connectivity index (χ2n) is 10.5. The normalized spacial score (nSPS) is 16.9. The summed E-state index contributed by atoms with van der Waals surface area (Å²) in [5, 5.41) is 2.95. The fourth-order valence-electron chi connectivity index (χ4n) is 5.50. The molecule has 0 saturated carbocycles. The van der Waals surface area contributed by atoms with Gasteiger partial charge in [0.2, 0.25) is 11.8 Å². The first-order valence-corrected chi connectivity index (χ1v) is 13.6. The summed E-state index contributed by atoms with van der Waals surface area (Å²) in [6.07, 6.45) is 6.02. The molecule has 7 nitrogen and oxygen atoms in total. The zero-order valence-corrected chi connectivity index (χ0v) is 22.5. The molecule has 2 aromatic rings. The van der Waals surface area contributed by atoms with E-state index in [2.05, 4.69) is 17.1 Å². The lowest BCUT2D eigenvalue weighted by molar-refractivity contribution is -0.139. The summed E-state index contributed by atoms with van der Waals surface area (Å²) in [6.45, 7) is 7.69. The van der Waals surface area contributed by atoms with Crippen LogP contribution in [0.15, 0.2) is 48.5 Å². The molecule has 37 heavy (non-hydrogen) atoms. The minimum Gasteiger partial charge on any atom is -0.342 e. The Hall–Kier alpha value is -3.35. The van der Waals surface area contributed by atoms with Crippen molar-refractivity contribution in [2.75, 3.05) is 36.5 Å². The summed E-state index contributed by atoms with van der Waals surface area (Å²) < 4.78 is 0. The average molecular weight is 505 g/mol. The van der Waals surface area contributed by atoms with Gasteiger partial charge in [0.15, 0.2) is 0 Å². The highest BCUT2D eigenvalue weighted by Crippen LogP contribution is 2.39. The minimum absolute atomic E-state index is 0.00306. The summed E-state index contributed by atoms with van der Waals surface area (Å²) in [5.41, 5.74) is 3.24. The van der Waals surface area contributed by atoms with Gasteiger partial charge in [-0.25, -0.2) is 0 Å². The van der Waals surface area contributed by atoms with E-state index in [-0.39, 0.29) is 24.3 Å². The van der Waals surface area contributed by atoms with E-state index in [1.807, 2.05) is 67.3 Å². The molecule has 4 rings (SSSR count). The van der Waals surface area contributed by atoms with Gasteiger partial charge in [-0.2, -0.15) is 0 Å². The molecule has 2 heterocycles. The number of nitrogens with zero attached hydrogens (tertiary/aromatic N) is 3. The molecule has 1 N–H and O–H groups in total. The van der Waals surface area contributed by atoms with Crippen LogP contribution >= 0.6 is 0 Å². The molecule has 0 aromatic heterocycles. The standard InChI is InChI=1S/C30H40N4O3/c1-4-5-6-10-13-28(36)32-18-16-30(17-19-32)29(37)33(22-34(30)26-11-8-7-9-12-26)21-27(35)31-25-15-14-23(2)24(3)20-25/h7-9,11-12,14-15,20H,4-6,10,13,16-19,21-22H2,1-3H3,(H,31,35). The minimum atomic E-state index is -0.735. The van der Waals surface area contributed by atoms with Gasteiger partial charge in [0.25, 0.3) is 5.91 Å². The molecular formula is C30H40N4O3. The molecule has 0 bridgehead atoms. The van der Waals surface area contributed by atoms with Gasteiger partial charge in [-0.15, -0.1) is 0 Å². The first kappa shape index (κ1) is 26.7. The van der Waals surface area contributed by atoms with Gasteiger partial charge < -0.3 is 20.0 Å². The van der Waals surface area contributed by atoms with Gasteiger partial charge in [-0.05, 0) is 68.5 Å². The van der Waals surface area contributed by atoms with Crippen molar-refractivity contribution in [1.82, 2.24) is 9.80 Å². The van der Waals surface area contributed by atoms with E-state index in [1.165, 1.54) is 5.56 Å². The lowest BCUT2D eigenvalue weighted by Gasteiger charge is -2.43. The summed E-state index contributed by atoms with van der Waals surface area (Å²) in [5.74, 6) is -0.0460. The van der Waals surface area contributed by atoms with Crippen LogP contribution in [0.5, 0.6) is 0 Å². The van der Waals surface area contributed by atoms with Crippen molar-refractivity contribution in [3.63, 3.8) is 0 Å². The van der Waals surface area contributed by atoms with Crippen LogP contribution in [0.25, 0.3) is 0 Å². The largest absolute Gasteiger partial charge is 0.342 e. The van der Waals surface area contributed by atoms with Crippen LogP contribution in [0.3, 0.4) is 0 Å². The van der Waals surface area contributed by atoms with Crippen LogP contribution in [0.1, 0.15) is 63.0 Å². The molecule has 2 saturated heterocycles. The number of aryl methyl sites for hydroxylation is 2. The third kappa shape index (κ3) is 5.97. The lowest BCUT2D eigenvalue weighted by atomic mass is 9.85. The van der Waals surface area contributed by atoms with Crippen LogP contribution in [0, 0.1) is 13.8 Å². The molecule has 2 aliphatic heterocycles. The predicted octanol–water partition coefficient (Wildman–Crippen LogP) is 4.88. The molecule has 0 aliphatic carbocycles. The van der Waals surface area contributed by atoms with Crippen LogP contribution in [-0.4, -0.2) is 59.4 Å². The third-order valence-corrected chi connectivity index (χ3v) is 7.89. The summed E-state index contributed by atoms with van der Waals surface area (Å²) in [4.78, 5) is 45.3. The molecule has 2 aromatic carbocycles. The molecule has 3 amide bonds. The van der Waals surface area contributed by atoms with E-state index in [1.54, 1.807) is 4.90 Å². The predicted molar refractivity (Wildman–Crippen MR) is 147 cm³/mol. The summed E-state index contributed by atoms with van der Waals surface area (Å²) in [6, 6.07) is 15.7. The monoisotopic (exact) mass is 504 g/mol. The Labute approximate surface area is 220 Å². The van der Waals surface area contributed by atoms with Gasteiger partial charge in [0.05, 0.1) is 6.67 Å². The fourth-order valence-corrected chi connectivity index (χ4v) is 5.50. The number of anilines is 2. The smallest absolute Gasteiger partial charge is 0.250 e. The maximum atomic E-state index is 13.9. The fraction of sp³-hybridized carbons (Fsp3) is 0.500. The van der Waals surface area contributed by atoms with Crippen molar-refractivity contribution in [2.45, 2.75) is 71.3 Å². The number of hydrogen-bond acceptors (Lipinski definition) is 4. The first-order chi connectivity index (χ1) is 17.8. The molecule has 0 radical (unpaired) electrons. The molecule has 198 valence electrons. The van der Waals surface area contributed by atoms with E-state index in [9.17, 15) is 14.4 Å². The molecule has 0 atom stereocenters. The van der Waals surface area contributed by atoms with Crippen LogP contribution < -0.4 is 10.2 Å². The zero-order valence-electron chi connectivity index (χ0n) is 22.5. The molecular weight excluding hydrogens is 464 g/mol. The second kappa shape index (κ2) is 11.8. The number of likely N-dealkylation sites (tertiary alicyclic amines) is 1. The lowest BCUT2D eigenvalue weighted by Crippen LogP contribution is -2.57. The van der Waals surface area contributed by atoms with Crippen molar-refractivity contribution in [3.05, 3.63) is 59.7 Å². The number of para-hydroxylation sites is 1. The Morgan fingerprint density at radius 2 is 1.68 bits per heavy atom. The molecule has 2 aliphatic rings. The van der Waals surface area contributed by atoms with Crippen LogP contribution in [0.4, 0.5) is 11.4 Å². The topological polar surface area (TPSA) is 73.0 Å². The van der Waals surface area contributed by atoms with Gasteiger partial charge in [0.1, 0.15) is 12.1 Å². The van der Waals surface area contributed by atoms with Gasteiger partial charge in [-0.3, -0.25) is 14.4 Å². The Morgan fingerprint density at radius 1 is 0.946 bits per heavy atom. The number of unbranched alkanes of at least 4 members (excludes halogenated alkanes) is 3. The third-order valence-electron chi connectivity index (χ3n) is 7.89. The maximum Gasteiger partial charge on any atom is 0.250 e. The quantitative estimate of drug-likeness (QED) is 0.494. The number of amides is 3. The second-order valence-corrected chi connectivity index (χ2v) is 10.5. The van der Waals surface area contributed by atoms with Crippen LogP contribution in [0.2, 0.25) is 0 Å². The number of rotatable bonds is 9. The molecule has 2 fully saturated rings. The van der Waals surface area contributed by atoms with E-state index >= 15 is 0 Å². The highest BCUT2D eigenvalue weighted by Gasteiger charge is 2.54. The SMILES string of the molecule is CCCCCCC(=O)N1CCC2(CC1)C(=O)N(CC(=O)Nc1ccc(C)c(C)c1)CN2c1ccccc1. The summed E-state index contributed by atoms with van der Waals surface area (Å²) in [7, 11) is 0. The van der Waals surface area contributed by atoms with Crippen molar-refractivity contribution in [3.8, 4) is 0 Å². The maximum absolute atomic E-state index is 13.9. The van der Waals surface area contributed by atoms with Crippen molar-refractivity contribution >= 4 is 29.1 Å². The number of carbonyl (C=O) groups is 3. The number of benzene rings is 2. The highest BCUT2D eigenvalue weighted by molar-refractivity contribution is 5.99. The Kier molecular flexibility index (Phi) is 8.52. The number of nitrogens with one attached hydrogen (secondary N) is 1. The number of piperidine rings is 1. The summed E-state index contributed by atoms with van der Waals surface area (Å²) >= 11 is 0. The zero-order chi connectivity index (χ0) is 26.4. The Morgan fingerprint density at radius 3 is 2.35 bits per heavy atom. The van der Waals surface area contributed by atoms with Crippen molar-refractivity contribution < 1.29 is 14.4 Å². The van der Waals surface area contributed by atoms with Gasteiger partial charge in [-0.1, -0.05) is 50.5 Å². The van der Waals surface area contributed by atoms with Gasteiger partial charge >= 0.3 is 0 Å². The first-order valence-electron chi connectivity index (χ1n) is 13.6. The number of carbonyl (C=O) groups excluding carboxylic acids is 3. The van der Waals surface area contributed by atoms with Crippen molar-refractivity contribution in [2.24, 2.45) is 0 Å².